The van der Waals surface area contributed by atoms with E-state index in [0.29, 0.717) is 19.1 Å². The van der Waals surface area contributed by atoms with Crippen molar-refractivity contribution in [3.8, 4) is 0 Å². The maximum atomic E-state index is 12.3. The van der Waals surface area contributed by atoms with E-state index in [4.69, 9.17) is 23.2 Å². The summed E-state index contributed by atoms with van der Waals surface area (Å²) in [7, 11) is 0. The predicted molar refractivity (Wildman–Crippen MR) is 79.6 cm³/mol. The van der Waals surface area contributed by atoms with Crippen molar-refractivity contribution in [2.45, 2.75) is 0 Å². The molecule has 0 aliphatic rings. The zero-order chi connectivity index (χ0) is 12.7. The maximum Gasteiger partial charge on any atom is 0.205 e. The van der Waals surface area contributed by atoms with Gasteiger partial charge in [0, 0.05) is 4.70 Å². The molecule has 0 spiro atoms. The van der Waals surface area contributed by atoms with Crippen molar-refractivity contribution < 1.29 is 4.79 Å². The Balaban J connectivity index is 2.09. The van der Waals surface area contributed by atoms with Crippen LogP contribution < -0.4 is 0 Å². The van der Waals surface area contributed by atoms with Crippen LogP contribution in [0.15, 0.2) is 36.4 Å². The first-order valence-electron chi connectivity index (χ1n) is 5.13. The van der Waals surface area contributed by atoms with Gasteiger partial charge in [-0.2, -0.15) is 0 Å². The number of benzene rings is 1. The Morgan fingerprint density at radius 1 is 1.06 bits per heavy atom. The summed E-state index contributed by atoms with van der Waals surface area (Å²) in [6.45, 7) is 0. The standard InChI is InChI=1S/C13H6Cl2OS2/c14-11-6-8(13(15)18-11)12(16)10-5-7-3-1-2-4-9(7)17-10/h1-6H. The first-order chi connectivity index (χ1) is 8.65. The molecule has 0 fully saturated rings. The Bertz CT molecular complexity index is 709. The van der Waals surface area contributed by atoms with Crippen molar-refractivity contribution in [3.63, 3.8) is 0 Å². The fourth-order valence-electron chi connectivity index (χ4n) is 1.72. The van der Waals surface area contributed by atoms with Gasteiger partial charge in [-0.05, 0) is 23.6 Å². The second kappa shape index (κ2) is 4.67. The molecule has 0 saturated heterocycles. The molecule has 90 valence electrons. The highest BCUT2D eigenvalue weighted by Gasteiger charge is 2.18. The number of ketones is 1. The summed E-state index contributed by atoms with van der Waals surface area (Å²) in [4.78, 5) is 13.0. The van der Waals surface area contributed by atoms with Crippen LogP contribution in [0.2, 0.25) is 8.67 Å². The van der Waals surface area contributed by atoms with Crippen molar-refractivity contribution in [1.82, 2.24) is 0 Å². The summed E-state index contributed by atoms with van der Waals surface area (Å²) in [5.41, 5.74) is 0.484. The molecule has 5 heteroatoms. The summed E-state index contributed by atoms with van der Waals surface area (Å²) in [6.07, 6.45) is 0. The number of fused-ring (bicyclic) bond motifs is 1. The minimum atomic E-state index is -0.0654. The molecule has 0 aliphatic carbocycles. The van der Waals surface area contributed by atoms with Gasteiger partial charge in [0.05, 0.1) is 14.8 Å². The molecule has 3 aromatic rings. The third-order valence-electron chi connectivity index (χ3n) is 2.55. The number of rotatable bonds is 2. The smallest absolute Gasteiger partial charge is 0.205 e. The van der Waals surface area contributed by atoms with Gasteiger partial charge in [0.1, 0.15) is 4.34 Å². The molecule has 1 nitrogen and oxygen atoms in total. The third-order valence-corrected chi connectivity index (χ3v) is 5.15. The van der Waals surface area contributed by atoms with Crippen LogP contribution in [0, 0.1) is 0 Å². The van der Waals surface area contributed by atoms with Crippen LogP contribution in [0.3, 0.4) is 0 Å². The van der Waals surface area contributed by atoms with Gasteiger partial charge in [-0.15, -0.1) is 22.7 Å². The van der Waals surface area contributed by atoms with Crippen LogP contribution in [0.4, 0.5) is 0 Å². The van der Waals surface area contributed by atoms with Crippen LogP contribution >= 0.6 is 45.9 Å². The van der Waals surface area contributed by atoms with E-state index in [1.807, 2.05) is 30.3 Å². The first kappa shape index (κ1) is 12.2. The van der Waals surface area contributed by atoms with E-state index in [-0.39, 0.29) is 5.78 Å². The number of halogens is 2. The molecule has 0 saturated carbocycles. The molecule has 0 amide bonds. The summed E-state index contributed by atoms with van der Waals surface area (Å²) in [5, 5.41) is 1.07. The van der Waals surface area contributed by atoms with Gasteiger partial charge >= 0.3 is 0 Å². The second-order valence-corrected chi connectivity index (χ2v) is 7.08. The Labute approximate surface area is 122 Å². The molecule has 3 rings (SSSR count). The Kier molecular flexibility index (Phi) is 3.16. The highest BCUT2D eigenvalue weighted by molar-refractivity contribution is 7.22. The van der Waals surface area contributed by atoms with E-state index in [9.17, 15) is 4.79 Å². The molecular formula is C13H6Cl2OS2. The second-order valence-electron chi connectivity index (χ2n) is 3.72. The lowest BCUT2D eigenvalue weighted by molar-refractivity contribution is 0.104. The van der Waals surface area contributed by atoms with Gasteiger partial charge in [0.2, 0.25) is 5.78 Å². The monoisotopic (exact) mass is 312 g/mol. The number of hydrogen-bond acceptors (Lipinski definition) is 3. The summed E-state index contributed by atoms with van der Waals surface area (Å²) in [6, 6.07) is 11.4. The van der Waals surface area contributed by atoms with Crippen LogP contribution in [0.1, 0.15) is 15.2 Å². The number of hydrogen-bond donors (Lipinski definition) is 0. The molecule has 0 unspecified atom stereocenters. The average molecular weight is 313 g/mol. The van der Waals surface area contributed by atoms with Crippen molar-refractivity contribution in [2.24, 2.45) is 0 Å². The quantitative estimate of drug-likeness (QED) is 0.571. The molecule has 0 N–H and O–H groups in total. The summed E-state index contributed by atoms with van der Waals surface area (Å²) < 4.78 is 2.07. The molecular weight excluding hydrogens is 307 g/mol. The zero-order valence-electron chi connectivity index (χ0n) is 8.94. The van der Waals surface area contributed by atoms with Gasteiger partial charge in [-0.3, -0.25) is 4.79 Å². The van der Waals surface area contributed by atoms with Crippen LogP contribution in [0.5, 0.6) is 0 Å². The molecule has 0 atom stereocenters. The number of thiophene rings is 2. The maximum absolute atomic E-state index is 12.3. The minimum Gasteiger partial charge on any atom is -0.288 e. The van der Waals surface area contributed by atoms with Crippen molar-refractivity contribution in [3.05, 3.63) is 55.5 Å². The van der Waals surface area contributed by atoms with Crippen molar-refractivity contribution in [1.29, 1.82) is 0 Å². The fraction of sp³-hybridized carbons (Fsp3) is 0. The van der Waals surface area contributed by atoms with Gasteiger partial charge in [-0.1, -0.05) is 41.4 Å². The lowest BCUT2D eigenvalue weighted by Crippen LogP contribution is -1.96. The van der Waals surface area contributed by atoms with Crippen LogP contribution in [-0.4, -0.2) is 5.78 Å². The first-order valence-corrected chi connectivity index (χ1v) is 7.52. The largest absolute Gasteiger partial charge is 0.288 e. The van der Waals surface area contributed by atoms with E-state index in [1.54, 1.807) is 6.07 Å². The Morgan fingerprint density at radius 3 is 2.50 bits per heavy atom. The highest BCUT2D eigenvalue weighted by atomic mass is 35.5. The lowest BCUT2D eigenvalue weighted by atomic mass is 10.2. The predicted octanol–water partition coefficient (Wildman–Crippen LogP) is 5.50. The van der Waals surface area contributed by atoms with Gasteiger partial charge < -0.3 is 0 Å². The molecule has 2 heterocycles. The van der Waals surface area contributed by atoms with E-state index in [0.717, 1.165) is 10.1 Å². The summed E-state index contributed by atoms with van der Waals surface area (Å²) >= 11 is 14.6. The Hall–Kier alpha value is -0.870. The van der Waals surface area contributed by atoms with Crippen molar-refractivity contribution in [2.75, 3.05) is 0 Å². The molecule has 0 radical (unpaired) electrons. The summed E-state index contributed by atoms with van der Waals surface area (Å²) in [5.74, 6) is -0.0654. The highest BCUT2D eigenvalue weighted by Crippen LogP contribution is 2.35. The number of carbonyl (C=O) groups excluding carboxylic acids is 1. The van der Waals surface area contributed by atoms with E-state index in [1.165, 1.54) is 22.7 Å². The van der Waals surface area contributed by atoms with Crippen molar-refractivity contribution >= 4 is 61.7 Å². The van der Waals surface area contributed by atoms with E-state index >= 15 is 0 Å². The fourth-order valence-corrected chi connectivity index (χ4v) is 4.20. The SMILES string of the molecule is O=C(c1cc2ccccc2s1)c1cc(Cl)sc1Cl. The van der Waals surface area contributed by atoms with E-state index in [2.05, 4.69) is 0 Å². The van der Waals surface area contributed by atoms with Gasteiger partial charge in [0.15, 0.2) is 0 Å². The van der Waals surface area contributed by atoms with Gasteiger partial charge in [0.25, 0.3) is 0 Å². The number of carbonyl (C=O) groups is 1. The lowest BCUT2D eigenvalue weighted by Gasteiger charge is -1.93. The van der Waals surface area contributed by atoms with E-state index < -0.39 is 0 Å². The van der Waals surface area contributed by atoms with Gasteiger partial charge in [-0.25, -0.2) is 0 Å². The molecule has 18 heavy (non-hydrogen) atoms. The molecule has 2 aromatic heterocycles. The molecule has 1 aromatic carbocycles. The molecule has 0 aliphatic heterocycles. The molecule has 0 bridgehead atoms. The Morgan fingerprint density at radius 2 is 1.83 bits per heavy atom. The minimum absolute atomic E-state index is 0.0654. The zero-order valence-corrected chi connectivity index (χ0v) is 12.1. The van der Waals surface area contributed by atoms with Crippen LogP contribution in [-0.2, 0) is 0 Å². The third kappa shape index (κ3) is 2.08. The average Bonchev–Trinajstić information content (AvgIpc) is 2.91. The normalized spacial score (nSPS) is 11.0. The van der Waals surface area contributed by atoms with Crippen LogP contribution in [0.25, 0.3) is 10.1 Å². The topological polar surface area (TPSA) is 17.1 Å².